The molecule has 0 saturated carbocycles. The molecule has 2 nitrogen and oxygen atoms in total. The van der Waals surface area contributed by atoms with Crippen LogP contribution >= 0.6 is 9.24 Å². The molecule has 0 aromatic carbocycles. The molecule has 1 saturated heterocycles. The Morgan fingerprint density at radius 1 is 0.566 bits per heavy atom. The van der Waals surface area contributed by atoms with Crippen molar-refractivity contribution in [2.45, 2.75) is 273 Å². The highest BCUT2D eigenvalue weighted by Crippen LogP contribution is 2.40. The van der Waals surface area contributed by atoms with Gasteiger partial charge in [0, 0.05) is 12.8 Å². The Morgan fingerprint density at radius 2 is 0.981 bits per heavy atom. The van der Waals surface area contributed by atoms with Crippen LogP contribution in [-0.2, 0) is 4.74 Å². The highest BCUT2D eigenvalue weighted by atomic mass is 31.0. The van der Waals surface area contributed by atoms with Gasteiger partial charge in [-0.15, -0.1) is 21.1 Å². The Morgan fingerprint density at radius 3 is 1.43 bits per heavy atom. The Balaban J connectivity index is -0.00000140. The lowest BCUT2D eigenvalue weighted by atomic mass is 9.87. The van der Waals surface area contributed by atoms with Gasteiger partial charge in [0.25, 0.3) is 0 Å². The molecule has 0 aliphatic carbocycles. The maximum Gasteiger partial charge on any atom is 0.0687 e. The number of hydrogen-bond acceptors (Lipinski definition) is 2. The van der Waals surface area contributed by atoms with Crippen molar-refractivity contribution in [3.63, 3.8) is 0 Å². The van der Waals surface area contributed by atoms with Crippen molar-refractivity contribution in [3.05, 3.63) is 12.2 Å². The Kier molecular flexibility index (Phi) is 60.2. The van der Waals surface area contributed by atoms with Gasteiger partial charge in [-0.1, -0.05) is 177 Å². The van der Waals surface area contributed by atoms with E-state index in [0.717, 1.165) is 12.8 Å². The van der Waals surface area contributed by atoms with Crippen molar-refractivity contribution in [1.82, 2.24) is 4.90 Å². The summed E-state index contributed by atoms with van der Waals surface area (Å²) >= 11 is 0. The van der Waals surface area contributed by atoms with Crippen LogP contribution in [0.1, 0.15) is 261 Å². The summed E-state index contributed by atoms with van der Waals surface area (Å²) in [5.41, 5.74) is 0.184. The van der Waals surface area contributed by atoms with Gasteiger partial charge in [0.05, 0.1) is 11.7 Å². The van der Waals surface area contributed by atoms with Gasteiger partial charge in [0.1, 0.15) is 0 Å². The minimum Gasteiger partial charge on any atom is -0.372 e. The molecule has 3 unspecified atom stereocenters. The van der Waals surface area contributed by atoms with Gasteiger partial charge in [-0.05, 0) is 110 Å². The summed E-state index contributed by atoms with van der Waals surface area (Å²) in [6.45, 7) is 19.5. The second-order valence-corrected chi connectivity index (χ2v) is 15.2. The fourth-order valence-corrected chi connectivity index (χ4v) is 7.29. The fourth-order valence-electron chi connectivity index (χ4n) is 7.00. The molecule has 1 fully saturated rings. The van der Waals surface area contributed by atoms with Crippen LogP contribution in [0.4, 0.5) is 0 Å². The predicted molar refractivity (Wildman–Crippen MR) is 252 cm³/mol. The second-order valence-electron chi connectivity index (χ2n) is 14.7. The number of allylic oxidation sites excluding steroid dienone is 2. The number of ether oxygens (including phenoxy) is 1. The van der Waals surface area contributed by atoms with Gasteiger partial charge >= 0.3 is 0 Å². The zero-order chi connectivity index (χ0) is 40.5. The first-order valence-corrected chi connectivity index (χ1v) is 25.1. The Labute approximate surface area is 341 Å². The van der Waals surface area contributed by atoms with E-state index >= 15 is 0 Å². The topological polar surface area (TPSA) is 12.5 Å². The third-order valence-electron chi connectivity index (χ3n) is 9.93. The van der Waals surface area contributed by atoms with E-state index in [-0.39, 0.29) is 5.60 Å². The van der Waals surface area contributed by atoms with Crippen LogP contribution < -0.4 is 0 Å². The van der Waals surface area contributed by atoms with Crippen LogP contribution in [0.15, 0.2) is 12.2 Å². The molecular formula is C50H104NOP. The molecular weight excluding hydrogens is 662 g/mol. The smallest absolute Gasteiger partial charge is 0.0687 e. The first-order valence-electron chi connectivity index (χ1n) is 24.2. The number of nitrogens with zero attached hydrogens (tertiary/aromatic N) is 1. The van der Waals surface area contributed by atoms with Crippen molar-refractivity contribution in [1.29, 1.82) is 0 Å². The minimum atomic E-state index is 0.184. The van der Waals surface area contributed by atoms with Gasteiger partial charge in [0.2, 0.25) is 0 Å². The van der Waals surface area contributed by atoms with E-state index in [1.807, 2.05) is 55.4 Å². The summed E-state index contributed by atoms with van der Waals surface area (Å²) < 4.78 is 6.92. The van der Waals surface area contributed by atoms with Gasteiger partial charge in [-0.2, -0.15) is 0 Å². The second kappa shape index (κ2) is 53.8. The molecule has 53 heavy (non-hydrogen) atoms. The summed E-state index contributed by atoms with van der Waals surface area (Å²) in [6.07, 6.45) is 47.9. The van der Waals surface area contributed by atoms with E-state index in [4.69, 9.17) is 4.74 Å². The average Bonchev–Trinajstić information content (AvgIpc) is 3.60. The van der Waals surface area contributed by atoms with Crippen LogP contribution in [0.5, 0.6) is 0 Å². The maximum absolute atomic E-state index is 6.92. The Bertz CT molecular complexity index is 710. The van der Waals surface area contributed by atoms with Crippen LogP contribution in [0.25, 0.3) is 0 Å². The van der Waals surface area contributed by atoms with E-state index in [9.17, 15) is 0 Å². The van der Waals surface area contributed by atoms with Gasteiger partial charge < -0.3 is 9.64 Å². The molecule has 1 aliphatic rings. The molecule has 0 aromatic rings. The molecule has 0 bridgehead atoms. The molecule has 0 aromatic heterocycles. The van der Waals surface area contributed by atoms with Crippen LogP contribution in [-0.4, -0.2) is 43.4 Å². The van der Waals surface area contributed by atoms with E-state index in [1.54, 1.807) is 0 Å². The molecule has 1 rings (SSSR count). The summed E-state index contributed by atoms with van der Waals surface area (Å²) in [5.74, 6) is 6.86. The summed E-state index contributed by atoms with van der Waals surface area (Å²) in [6, 6.07) is 0. The Hall–Kier alpha value is -0.350. The zero-order valence-corrected chi connectivity index (χ0v) is 40.2. The molecule has 3 heteroatoms. The van der Waals surface area contributed by atoms with Crippen molar-refractivity contribution in [2.24, 2.45) is 0 Å². The summed E-state index contributed by atoms with van der Waals surface area (Å²) in [4.78, 5) is 2.31. The predicted octanol–water partition coefficient (Wildman–Crippen LogP) is 17.3. The first kappa shape index (κ1) is 59.3. The van der Waals surface area contributed by atoms with E-state index in [2.05, 4.69) is 59.2 Å². The van der Waals surface area contributed by atoms with Crippen molar-refractivity contribution >= 4 is 9.24 Å². The number of unbranched alkanes of at least 4 members (excludes halogenated alkanes) is 21. The third kappa shape index (κ3) is 45.9. The van der Waals surface area contributed by atoms with Crippen LogP contribution in [0.2, 0.25) is 0 Å². The third-order valence-corrected chi connectivity index (χ3v) is 10.3. The highest BCUT2D eigenvalue weighted by molar-refractivity contribution is 7.16. The van der Waals surface area contributed by atoms with Gasteiger partial charge in [0.15, 0.2) is 0 Å². The molecule has 0 N–H and O–H groups in total. The highest BCUT2D eigenvalue weighted by Gasteiger charge is 2.38. The van der Waals surface area contributed by atoms with E-state index in [0.29, 0.717) is 6.10 Å². The molecule has 320 valence electrons. The standard InChI is InChI=1S/C42H80NOP.4C2H6/c1-4-5-6-7-8-9-10-11-12-15-18-21-24-27-30-36-42(38-35-41(44-42)34-33-39-43(2)3)37-31-28-25-22-19-16-13-14-17-20-23-26-29-32-40-45;4*1-2/h11-12,41H,4-10,15-40,45H2,1-3H3;4*1-2H3/b12-11-;;;;. The number of rotatable bonds is 32. The lowest BCUT2D eigenvalue weighted by Crippen LogP contribution is -2.29. The fraction of sp³-hybridized carbons (Fsp3) is 0.920. The molecule has 0 amide bonds. The van der Waals surface area contributed by atoms with E-state index in [1.165, 1.54) is 199 Å². The number of hydrogen-bond donors (Lipinski definition) is 0. The molecule has 0 radical (unpaired) electrons. The monoisotopic (exact) mass is 766 g/mol. The van der Waals surface area contributed by atoms with Crippen molar-refractivity contribution < 1.29 is 4.74 Å². The molecule has 1 heterocycles. The van der Waals surface area contributed by atoms with E-state index < -0.39 is 0 Å². The van der Waals surface area contributed by atoms with Gasteiger partial charge in [-0.25, -0.2) is 0 Å². The van der Waals surface area contributed by atoms with Crippen molar-refractivity contribution in [2.75, 3.05) is 26.8 Å². The molecule has 0 spiro atoms. The SMILES string of the molecule is CC.CC.CC.CC.CCCCCCCC/C=C\CCCCCCCC1(CCCCCCCC#CCCCCCCCP)CCC(CCCN(C)C)O1. The average molecular weight is 766 g/mol. The lowest BCUT2D eigenvalue weighted by molar-refractivity contribution is -0.0579. The maximum atomic E-state index is 6.92. The largest absolute Gasteiger partial charge is 0.372 e. The van der Waals surface area contributed by atoms with Gasteiger partial charge in [-0.3, -0.25) is 0 Å². The van der Waals surface area contributed by atoms with Crippen molar-refractivity contribution in [3.8, 4) is 11.8 Å². The summed E-state index contributed by atoms with van der Waals surface area (Å²) in [5, 5.41) is 0. The normalized spacial score (nSPS) is 16.0. The van der Waals surface area contributed by atoms with Crippen LogP contribution in [0, 0.1) is 11.8 Å². The molecule has 1 aliphatic heterocycles. The summed E-state index contributed by atoms with van der Waals surface area (Å²) in [7, 11) is 7.21. The first-order chi connectivity index (χ1) is 26.1. The van der Waals surface area contributed by atoms with Crippen LogP contribution in [0.3, 0.4) is 0 Å². The quantitative estimate of drug-likeness (QED) is 0.0293. The zero-order valence-electron chi connectivity index (χ0n) is 39.0. The lowest BCUT2D eigenvalue weighted by Gasteiger charge is -2.30. The molecule has 3 atom stereocenters. The minimum absolute atomic E-state index is 0.184.